The van der Waals surface area contributed by atoms with Gasteiger partial charge in [0.15, 0.2) is 10.3 Å². The highest BCUT2D eigenvalue weighted by molar-refractivity contribution is 7.17. The summed E-state index contributed by atoms with van der Waals surface area (Å²) in [6.07, 6.45) is -4.58. The number of halogens is 6. The number of amides is 2. The molecule has 2 aliphatic rings. The summed E-state index contributed by atoms with van der Waals surface area (Å²) in [6.45, 7) is -0.419. The third-order valence-corrected chi connectivity index (χ3v) is 7.64. The summed E-state index contributed by atoms with van der Waals surface area (Å²) in [5.74, 6) is -3.55. The van der Waals surface area contributed by atoms with E-state index in [4.69, 9.17) is 17.3 Å². The fraction of sp³-hybridized carbons (Fsp3) is 0.429. The SMILES string of the molecule is Nc1nc(Cl)c(C(=O)N2CC(c3nn(CC(=O)N4CCC[C@H]4C(F)(F)F)c4cc(F)cc(F)c34)C2)s1. The molecule has 4 heterocycles. The van der Waals surface area contributed by atoms with E-state index in [1.807, 2.05) is 0 Å². The summed E-state index contributed by atoms with van der Waals surface area (Å²) >= 11 is 6.87. The summed E-state index contributed by atoms with van der Waals surface area (Å²) < 4.78 is 69.8. The first-order valence-electron chi connectivity index (χ1n) is 10.9. The van der Waals surface area contributed by atoms with Crippen LogP contribution in [0.4, 0.5) is 27.1 Å². The van der Waals surface area contributed by atoms with Gasteiger partial charge >= 0.3 is 6.18 Å². The third-order valence-electron chi connectivity index (χ3n) is 6.38. The van der Waals surface area contributed by atoms with Gasteiger partial charge in [0.25, 0.3) is 5.91 Å². The van der Waals surface area contributed by atoms with E-state index in [1.54, 1.807) is 0 Å². The Labute approximate surface area is 209 Å². The molecule has 2 amide bonds. The Bertz CT molecular complexity index is 1370. The van der Waals surface area contributed by atoms with Gasteiger partial charge in [-0.25, -0.2) is 13.8 Å². The van der Waals surface area contributed by atoms with Crippen LogP contribution in [0.5, 0.6) is 0 Å². The lowest BCUT2D eigenvalue weighted by atomic mass is 9.93. The Balaban J connectivity index is 1.41. The van der Waals surface area contributed by atoms with E-state index < -0.39 is 48.1 Å². The maximum absolute atomic E-state index is 14.8. The second kappa shape index (κ2) is 8.83. The molecule has 0 radical (unpaired) electrons. The highest BCUT2D eigenvalue weighted by Gasteiger charge is 2.47. The van der Waals surface area contributed by atoms with Gasteiger partial charge in [-0.2, -0.15) is 18.3 Å². The van der Waals surface area contributed by atoms with E-state index in [1.165, 1.54) is 4.90 Å². The number of carbonyl (C=O) groups excluding carboxylic acids is 2. The number of carbonyl (C=O) groups is 2. The van der Waals surface area contributed by atoms with Crippen LogP contribution in [0.15, 0.2) is 12.1 Å². The van der Waals surface area contributed by atoms with Crippen molar-refractivity contribution in [2.24, 2.45) is 0 Å². The normalized spacial score (nSPS) is 18.8. The molecule has 2 N–H and O–H groups in total. The van der Waals surface area contributed by atoms with Gasteiger partial charge in [0.2, 0.25) is 5.91 Å². The van der Waals surface area contributed by atoms with Crippen LogP contribution in [-0.2, 0) is 11.3 Å². The number of nitrogens with zero attached hydrogens (tertiary/aromatic N) is 5. The molecule has 3 aromatic rings. The fourth-order valence-corrected chi connectivity index (χ4v) is 5.72. The molecule has 8 nitrogen and oxygen atoms in total. The first kappa shape index (κ1) is 24.7. The van der Waals surface area contributed by atoms with Crippen molar-refractivity contribution in [3.63, 3.8) is 0 Å². The maximum Gasteiger partial charge on any atom is 0.408 e. The number of fused-ring (bicyclic) bond motifs is 1. The molecule has 2 saturated heterocycles. The van der Waals surface area contributed by atoms with Crippen molar-refractivity contribution in [1.82, 2.24) is 24.6 Å². The first-order valence-corrected chi connectivity index (χ1v) is 12.1. The lowest BCUT2D eigenvalue weighted by Gasteiger charge is -2.38. The van der Waals surface area contributed by atoms with Crippen LogP contribution < -0.4 is 5.73 Å². The lowest BCUT2D eigenvalue weighted by molar-refractivity contribution is -0.183. The molecular formula is C21H18ClF5N6O2S. The Hall–Kier alpha value is -3.00. The van der Waals surface area contributed by atoms with Crippen LogP contribution in [0.2, 0.25) is 5.15 Å². The van der Waals surface area contributed by atoms with Crippen molar-refractivity contribution in [3.05, 3.63) is 39.5 Å². The number of alkyl halides is 3. The number of anilines is 1. The van der Waals surface area contributed by atoms with Gasteiger partial charge in [0, 0.05) is 37.7 Å². The van der Waals surface area contributed by atoms with E-state index in [9.17, 15) is 31.5 Å². The number of likely N-dealkylation sites (tertiary alicyclic amines) is 2. The Morgan fingerprint density at radius 3 is 2.58 bits per heavy atom. The van der Waals surface area contributed by atoms with Gasteiger partial charge in [-0.3, -0.25) is 14.3 Å². The predicted octanol–water partition coefficient (Wildman–Crippen LogP) is 3.80. The summed E-state index contributed by atoms with van der Waals surface area (Å²) in [4.78, 5) is 31.6. The highest BCUT2D eigenvalue weighted by Crippen LogP contribution is 2.37. The van der Waals surface area contributed by atoms with Gasteiger partial charge in [-0.05, 0) is 12.8 Å². The molecule has 1 aromatic carbocycles. The fourth-order valence-electron chi connectivity index (χ4n) is 4.69. The molecule has 0 unspecified atom stereocenters. The van der Waals surface area contributed by atoms with E-state index in [-0.39, 0.29) is 64.2 Å². The number of nitrogen functional groups attached to an aromatic ring is 1. The zero-order chi connectivity index (χ0) is 25.9. The monoisotopic (exact) mass is 548 g/mol. The number of nitrogens with two attached hydrogens (primary N) is 1. The zero-order valence-corrected chi connectivity index (χ0v) is 19.9. The van der Waals surface area contributed by atoms with Crippen LogP contribution in [-0.4, -0.2) is 68.2 Å². The molecule has 0 aliphatic carbocycles. The standard InChI is InChI=1S/C21H18ClF5N6O2S/c22-18-17(36-20(28)29-18)19(35)31-6-9(7-31)16-15-11(24)4-10(23)5-12(15)33(30-16)8-14(34)32-3-1-2-13(32)21(25,26)27/h4-5,9,13H,1-3,6-8H2,(H2,28,29)/t13-/m0/s1. The molecule has 0 saturated carbocycles. The van der Waals surface area contributed by atoms with Gasteiger partial charge in [0.1, 0.15) is 29.1 Å². The predicted molar refractivity (Wildman–Crippen MR) is 121 cm³/mol. The van der Waals surface area contributed by atoms with Gasteiger partial charge in [-0.15, -0.1) is 0 Å². The molecule has 0 bridgehead atoms. The summed E-state index contributed by atoms with van der Waals surface area (Å²) in [6, 6.07) is -0.255. The van der Waals surface area contributed by atoms with Gasteiger partial charge in [0.05, 0.1) is 16.6 Å². The third kappa shape index (κ3) is 4.25. The number of benzene rings is 1. The Morgan fingerprint density at radius 1 is 1.22 bits per heavy atom. The molecule has 0 spiro atoms. The average Bonchev–Trinajstić information content (AvgIpc) is 3.44. The number of thiazole rings is 1. The van der Waals surface area contributed by atoms with Crippen molar-refractivity contribution in [3.8, 4) is 0 Å². The molecule has 36 heavy (non-hydrogen) atoms. The lowest BCUT2D eigenvalue weighted by Crippen LogP contribution is -2.48. The minimum Gasteiger partial charge on any atom is -0.375 e. The highest BCUT2D eigenvalue weighted by atomic mass is 35.5. The molecule has 192 valence electrons. The Morgan fingerprint density at radius 2 is 1.94 bits per heavy atom. The topological polar surface area (TPSA) is 97.3 Å². The van der Waals surface area contributed by atoms with Crippen LogP contribution >= 0.6 is 22.9 Å². The van der Waals surface area contributed by atoms with Gasteiger partial charge in [-0.1, -0.05) is 22.9 Å². The van der Waals surface area contributed by atoms with Crippen LogP contribution in [0.1, 0.15) is 34.1 Å². The maximum atomic E-state index is 14.8. The summed E-state index contributed by atoms with van der Waals surface area (Å²) in [7, 11) is 0. The molecule has 2 aliphatic heterocycles. The Kier molecular flexibility index (Phi) is 6.06. The number of hydrogen-bond donors (Lipinski definition) is 1. The van der Waals surface area contributed by atoms with Crippen LogP contribution in [0, 0.1) is 11.6 Å². The zero-order valence-electron chi connectivity index (χ0n) is 18.4. The summed E-state index contributed by atoms with van der Waals surface area (Å²) in [5.41, 5.74) is 5.71. The first-order chi connectivity index (χ1) is 16.9. The average molecular weight is 549 g/mol. The van der Waals surface area contributed by atoms with Crippen molar-refractivity contribution >= 4 is 50.8 Å². The second-order valence-corrected chi connectivity index (χ2v) is 10.1. The molecule has 15 heteroatoms. The van der Waals surface area contributed by atoms with Crippen LogP contribution in [0.3, 0.4) is 0 Å². The van der Waals surface area contributed by atoms with Gasteiger partial charge < -0.3 is 15.5 Å². The van der Waals surface area contributed by atoms with E-state index >= 15 is 0 Å². The number of aromatic nitrogens is 3. The molecule has 1 atom stereocenters. The summed E-state index contributed by atoms with van der Waals surface area (Å²) in [5, 5.41) is 4.34. The number of hydrogen-bond acceptors (Lipinski definition) is 6. The quantitative estimate of drug-likeness (QED) is 0.500. The molecule has 2 aromatic heterocycles. The number of rotatable bonds is 4. The van der Waals surface area contributed by atoms with E-state index in [0.29, 0.717) is 6.07 Å². The van der Waals surface area contributed by atoms with E-state index in [0.717, 1.165) is 27.0 Å². The van der Waals surface area contributed by atoms with Crippen molar-refractivity contribution in [2.45, 2.75) is 37.5 Å². The largest absolute Gasteiger partial charge is 0.408 e. The molecule has 5 rings (SSSR count). The van der Waals surface area contributed by atoms with Crippen LogP contribution in [0.25, 0.3) is 10.9 Å². The van der Waals surface area contributed by atoms with Crippen molar-refractivity contribution in [2.75, 3.05) is 25.4 Å². The van der Waals surface area contributed by atoms with Crippen molar-refractivity contribution < 1.29 is 31.5 Å². The van der Waals surface area contributed by atoms with E-state index in [2.05, 4.69) is 10.1 Å². The second-order valence-electron chi connectivity index (χ2n) is 8.69. The molecule has 2 fully saturated rings. The smallest absolute Gasteiger partial charge is 0.375 e. The minimum atomic E-state index is -4.57. The molecular weight excluding hydrogens is 531 g/mol. The minimum absolute atomic E-state index is 0.0280. The van der Waals surface area contributed by atoms with Crippen molar-refractivity contribution in [1.29, 1.82) is 0 Å².